The molecule has 1 aliphatic rings. The third-order valence-corrected chi connectivity index (χ3v) is 2.70. The molecule has 1 amide bonds. The van der Waals surface area contributed by atoms with Crippen molar-refractivity contribution in [2.24, 2.45) is 0 Å². The highest BCUT2D eigenvalue weighted by atomic mass is 16.5. The van der Waals surface area contributed by atoms with Gasteiger partial charge in [-0.1, -0.05) is 0 Å². The predicted octanol–water partition coefficient (Wildman–Crippen LogP) is 0.328. The number of carbonyl (C=O) groups is 1. The summed E-state index contributed by atoms with van der Waals surface area (Å²) in [6.45, 7) is 1.58. The molecular weight excluding hydrogens is 236 g/mol. The first kappa shape index (κ1) is 12.7. The Kier molecular flexibility index (Phi) is 4.01. The van der Waals surface area contributed by atoms with Gasteiger partial charge in [-0.2, -0.15) is 0 Å². The number of nitrogens with one attached hydrogen (secondary N) is 2. The van der Waals surface area contributed by atoms with Crippen LogP contribution in [0.3, 0.4) is 0 Å². The van der Waals surface area contributed by atoms with Gasteiger partial charge in [0, 0.05) is 12.6 Å². The van der Waals surface area contributed by atoms with Gasteiger partial charge >= 0.3 is 0 Å². The number of amides is 1. The molecule has 1 aliphatic heterocycles. The second kappa shape index (κ2) is 5.70. The summed E-state index contributed by atoms with van der Waals surface area (Å²) in [5, 5.41) is 15.3. The molecule has 6 nitrogen and oxygen atoms in total. The summed E-state index contributed by atoms with van der Waals surface area (Å²) in [5.74, 6) is 0.329. The number of benzene rings is 1. The third kappa shape index (κ3) is 2.91. The van der Waals surface area contributed by atoms with Crippen LogP contribution in [0.5, 0.6) is 11.5 Å². The molecule has 98 valence electrons. The molecule has 1 unspecified atom stereocenters. The molecule has 0 aromatic heterocycles. The lowest BCUT2D eigenvalue weighted by atomic mass is 10.2. The minimum Gasteiger partial charge on any atom is -0.506 e. The van der Waals surface area contributed by atoms with Crippen molar-refractivity contribution in [3.8, 4) is 11.5 Å². The Morgan fingerprint density at radius 2 is 2.44 bits per heavy atom. The highest BCUT2D eigenvalue weighted by Crippen LogP contribution is 2.27. The number of carbonyl (C=O) groups excluding carboxylic acids is 1. The molecule has 1 heterocycles. The quantitative estimate of drug-likeness (QED) is 0.675. The van der Waals surface area contributed by atoms with Crippen LogP contribution in [0.4, 0.5) is 5.69 Å². The molecule has 3 N–H and O–H groups in total. The van der Waals surface area contributed by atoms with E-state index in [1.807, 2.05) is 0 Å². The molecule has 1 saturated heterocycles. The Hall–Kier alpha value is -1.79. The first-order valence-electron chi connectivity index (χ1n) is 5.69. The van der Waals surface area contributed by atoms with E-state index in [1.54, 1.807) is 12.1 Å². The van der Waals surface area contributed by atoms with Gasteiger partial charge in [-0.3, -0.25) is 4.79 Å². The molecule has 2 rings (SSSR count). The number of hydrogen-bond acceptors (Lipinski definition) is 5. The van der Waals surface area contributed by atoms with E-state index in [9.17, 15) is 9.90 Å². The smallest absolute Gasteiger partial charge is 0.244 e. The average Bonchev–Trinajstić information content (AvgIpc) is 2.42. The minimum atomic E-state index is -0.399. The fraction of sp³-hybridized carbons (Fsp3) is 0.417. The molecule has 1 aromatic rings. The van der Waals surface area contributed by atoms with Crippen LogP contribution in [0.2, 0.25) is 0 Å². The number of methoxy groups -OCH3 is 1. The zero-order valence-corrected chi connectivity index (χ0v) is 10.1. The lowest BCUT2D eigenvalue weighted by Gasteiger charge is -2.23. The zero-order chi connectivity index (χ0) is 13.0. The Morgan fingerprint density at radius 3 is 3.11 bits per heavy atom. The number of phenolic OH excluding ortho intramolecular Hbond substituents is 1. The van der Waals surface area contributed by atoms with Crippen LogP contribution in [0.15, 0.2) is 18.2 Å². The highest BCUT2D eigenvalue weighted by Gasteiger charge is 2.22. The molecule has 0 aliphatic carbocycles. The number of phenols is 1. The molecule has 1 aromatic carbocycles. The summed E-state index contributed by atoms with van der Waals surface area (Å²) in [4.78, 5) is 11.9. The van der Waals surface area contributed by atoms with Crippen LogP contribution in [0, 0.1) is 0 Å². The van der Waals surface area contributed by atoms with Crippen molar-refractivity contribution in [1.29, 1.82) is 0 Å². The maximum absolute atomic E-state index is 11.9. The molecule has 1 fully saturated rings. The van der Waals surface area contributed by atoms with E-state index in [1.165, 1.54) is 13.2 Å². The lowest BCUT2D eigenvalue weighted by Crippen LogP contribution is -2.48. The summed E-state index contributed by atoms with van der Waals surface area (Å²) in [7, 11) is 1.52. The van der Waals surface area contributed by atoms with Crippen LogP contribution in [-0.4, -0.2) is 43.9 Å². The second-order valence-corrected chi connectivity index (χ2v) is 3.95. The van der Waals surface area contributed by atoms with Crippen molar-refractivity contribution in [1.82, 2.24) is 5.32 Å². The summed E-state index contributed by atoms with van der Waals surface area (Å²) >= 11 is 0. The highest BCUT2D eigenvalue weighted by molar-refractivity contribution is 5.96. The van der Waals surface area contributed by atoms with Crippen molar-refractivity contribution in [2.75, 3.05) is 32.2 Å². The van der Waals surface area contributed by atoms with E-state index in [4.69, 9.17) is 9.47 Å². The van der Waals surface area contributed by atoms with Gasteiger partial charge in [0.05, 0.1) is 26.0 Å². The first-order chi connectivity index (χ1) is 8.70. The Labute approximate surface area is 105 Å². The second-order valence-electron chi connectivity index (χ2n) is 3.95. The van der Waals surface area contributed by atoms with Gasteiger partial charge in [-0.05, 0) is 12.1 Å². The van der Waals surface area contributed by atoms with Crippen molar-refractivity contribution < 1.29 is 19.4 Å². The van der Waals surface area contributed by atoms with Crippen molar-refractivity contribution in [2.45, 2.75) is 6.04 Å². The molecule has 0 radical (unpaired) electrons. The number of hydrogen-bond donors (Lipinski definition) is 3. The standard InChI is InChI=1S/C12H16N2O4/c1-17-8-2-3-11(15)9(6-8)14-12(16)10-7-18-5-4-13-10/h2-3,6,10,13,15H,4-5,7H2,1H3,(H,14,16). The lowest BCUT2D eigenvalue weighted by molar-refractivity contribution is -0.120. The van der Waals surface area contributed by atoms with Gasteiger partial charge in [0.15, 0.2) is 0 Å². The molecule has 0 bridgehead atoms. The summed E-state index contributed by atoms with van der Waals surface area (Å²) in [6.07, 6.45) is 0. The summed E-state index contributed by atoms with van der Waals surface area (Å²) in [6, 6.07) is 4.26. The molecule has 1 atom stereocenters. The van der Waals surface area contributed by atoms with Crippen LogP contribution < -0.4 is 15.4 Å². The van der Waals surface area contributed by atoms with Crippen molar-refractivity contribution in [3.63, 3.8) is 0 Å². The minimum absolute atomic E-state index is 0.000813. The van der Waals surface area contributed by atoms with Crippen LogP contribution in [-0.2, 0) is 9.53 Å². The number of anilines is 1. The summed E-state index contributed by atoms with van der Waals surface area (Å²) < 4.78 is 10.2. The fourth-order valence-electron chi connectivity index (χ4n) is 1.70. The molecule has 0 spiro atoms. The number of aromatic hydroxyl groups is 1. The maximum Gasteiger partial charge on any atom is 0.244 e. The van der Waals surface area contributed by atoms with E-state index >= 15 is 0 Å². The molecule has 0 saturated carbocycles. The van der Waals surface area contributed by atoms with Crippen LogP contribution in [0.25, 0.3) is 0 Å². The van der Waals surface area contributed by atoms with Gasteiger partial charge in [0.25, 0.3) is 0 Å². The van der Waals surface area contributed by atoms with E-state index in [-0.39, 0.29) is 11.7 Å². The fourth-order valence-corrected chi connectivity index (χ4v) is 1.70. The topological polar surface area (TPSA) is 79.8 Å². The average molecular weight is 252 g/mol. The first-order valence-corrected chi connectivity index (χ1v) is 5.69. The van der Waals surface area contributed by atoms with E-state index in [2.05, 4.69) is 10.6 Å². The SMILES string of the molecule is COc1ccc(O)c(NC(=O)C2COCCN2)c1. The molecule has 18 heavy (non-hydrogen) atoms. The molecular formula is C12H16N2O4. The Bertz CT molecular complexity index is 430. The Morgan fingerprint density at radius 1 is 1.61 bits per heavy atom. The number of morpholine rings is 1. The maximum atomic E-state index is 11.9. The van der Waals surface area contributed by atoms with E-state index in [0.717, 1.165) is 0 Å². The zero-order valence-electron chi connectivity index (χ0n) is 10.1. The van der Waals surface area contributed by atoms with Gasteiger partial charge in [0.2, 0.25) is 5.91 Å². The van der Waals surface area contributed by atoms with E-state index in [0.29, 0.717) is 31.2 Å². The third-order valence-electron chi connectivity index (χ3n) is 2.70. The van der Waals surface area contributed by atoms with Gasteiger partial charge in [-0.15, -0.1) is 0 Å². The van der Waals surface area contributed by atoms with Crippen molar-refractivity contribution in [3.05, 3.63) is 18.2 Å². The van der Waals surface area contributed by atoms with Crippen molar-refractivity contribution >= 4 is 11.6 Å². The number of ether oxygens (including phenoxy) is 2. The van der Waals surface area contributed by atoms with Gasteiger partial charge in [-0.25, -0.2) is 0 Å². The normalized spacial score (nSPS) is 19.3. The van der Waals surface area contributed by atoms with Crippen LogP contribution in [0.1, 0.15) is 0 Å². The largest absolute Gasteiger partial charge is 0.506 e. The Balaban J connectivity index is 2.05. The van der Waals surface area contributed by atoms with Gasteiger partial charge < -0.3 is 25.2 Å². The summed E-state index contributed by atoms with van der Waals surface area (Å²) in [5.41, 5.74) is 0.326. The monoisotopic (exact) mass is 252 g/mol. The van der Waals surface area contributed by atoms with E-state index < -0.39 is 6.04 Å². The van der Waals surface area contributed by atoms with Gasteiger partial charge in [0.1, 0.15) is 17.5 Å². The molecule has 6 heteroatoms. The predicted molar refractivity (Wildman–Crippen MR) is 65.9 cm³/mol. The van der Waals surface area contributed by atoms with Crippen LogP contribution >= 0.6 is 0 Å². The number of rotatable bonds is 3.